The summed E-state index contributed by atoms with van der Waals surface area (Å²) >= 11 is 0. The summed E-state index contributed by atoms with van der Waals surface area (Å²) in [6.07, 6.45) is 0.895. The van der Waals surface area contributed by atoms with E-state index < -0.39 is 5.97 Å². The lowest BCUT2D eigenvalue weighted by Gasteiger charge is -2.10. The van der Waals surface area contributed by atoms with Crippen LogP contribution < -0.4 is 10.1 Å². The third-order valence-corrected chi connectivity index (χ3v) is 4.00. The van der Waals surface area contributed by atoms with Crippen LogP contribution in [0, 0.1) is 5.92 Å². The second kappa shape index (κ2) is 10.9. The Bertz CT molecular complexity index is 723. The highest BCUT2D eigenvalue weighted by Gasteiger charge is 2.24. The zero-order valence-electron chi connectivity index (χ0n) is 16.8. The maximum absolute atomic E-state index is 12.3. The summed E-state index contributed by atoms with van der Waals surface area (Å²) in [4.78, 5) is 12.3. The van der Waals surface area contributed by atoms with Gasteiger partial charge in [-0.2, -0.15) is 0 Å². The number of esters is 1. The van der Waals surface area contributed by atoms with Gasteiger partial charge in [0.05, 0.1) is 25.2 Å². The summed E-state index contributed by atoms with van der Waals surface area (Å²) in [6.45, 7) is 11.6. The van der Waals surface area contributed by atoms with Crippen molar-refractivity contribution in [2.45, 2.75) is 40.7 Å². The fourth-order valence-corrected chi connectivity index (χ4v) is 2.77. The average molecular weight is 377 g/mol. The van der Waals surface area contributed by atoms with E-state index in [2.05, 4.69) is 19.2 Å². The lowest BCUT2D eigenvalue weighted by Crippen LogP contribution is -2.22. The Morgan fingerprint density at radius 3 is 2.74 bits per heavy atom. The number of rotatable bonds is 12. The Labute approximate surface area is 161 Å². The van der Waals surface area contributed by atoms with Gasteiger partial charge in [0.25, 0.3) is 0 Å². The first-order chi connectivity index (χ1) is 13.1. The lowest BCUT2D eigenvalue weighted by molar-refractivity contribution is 0.0483. The minimum Gasteiger partial charge on any atom is -0.493 e. The summed E-state index contributed by atoms with van der Waals surface area (Å²) in [7, 11) is 0. The van der Waals surface area contributed by atoms with E-state index in [1.165, 1.54) is 0 Å². The molecule has 1 heterocycles. The second-order valence-electron chi connectivity index (χ2n) is 6.70. The second-order valence-corrected chi connectivity index (χ2v) is 6.70. The molecule has 0 saturated carbocycles. The molecule has 2 rings (SSSR count). The van der Waals surface area contributed by atoms with E-state index in [1.807, 2.05) is 25.1 Å². The summed E-state index contributed by atoms with van der Waals surface area (Å²) in [5.74, 6) is 1.04. The number of ether oxygens (including phenoxy) is 3. The summed E-state index contributed by atoms with van der Waals surface area (Å²) < 4.78 is 22.4. The molecule has 0 aliphatic rings. The molecular formula is C21H31NO5. The molecule has 0 bridgehead atoms. The number of furan rings is 1. The van der Waals surface area contributed by atoms with Gasteiger partial charge in [-0.25, -0.2) is 4.79 Å². The summed E-state index contributed by atoms with van der Waals surface area (Å²) in [6, 6.07) is 5.58. The van der Waals surface area contributed by atoms with E-state index in [4.69, 9.17) is 18.6 Å². The third-order valence-electron chi connectivity index (χ3n) is 4.00. The monoisotopic (exact) mass is 377 g/mol. The van der Waals surface area contributed by atoms with Crippen molar-refractivity contribution in [2.24, 2.45) is 5.92 Å². The Morgan fingerprint density at radius 1 is 1.22 bits per heavy atom. The van der Waals surface area contributed by atoms with Crippen molar-refractivity contribution in [1.82, 2.24) is 5.32 Å². The highest BCUT2D eigenvalue weighted by Crippen LogP contribution is 2.34. The molecule has 0 radical (unpaired) electrons. The van der Waals surface area contributed by atoms with Crippen LogP contribution in [0.4, 0.5) is 0 Å². The van der Waals surface area contributed by atoms with Gasteiger partial charge in [-0.3, -0.25) is 0 Å². The van der Waals surface area contributed by atoms with E-state index in [-0.39, 0.29) is 19.0 Å². The molecule has 1 aromatic heterocycles. The normalized spacial score (nSPS) is 11.3. The summed E-state index contributed by atoms with van der Waals surface area (Å²) in [5, 5.41) is 4.18. The van der Waals surface area contributed by atoms with Crippen LogP contribution in [0.1, 0.15) is 50.2 Å². The first-order valence-electron chi connectivity index (χ1n) is 9.71. The Kier molecular flexibility index (Phi) is 8.61. The van der Waals surface area contributed by atoms with Crippen molar-refractivity contribution in [3.63, 3.8) is 0 Å². The zero-order chi connectivity index (χ0) is 19.6. The van der Waals surface area contributed by atoms with Crippen LogP contribution in [0.25, 0.3) is 11.0 Å². The standard InChI is InChI=1S/C21H31NO5/c1-5-24-14-16-19-17(26-12-8-11-22-13-15(3)4)9-7-10-18(19)27-20(16)21(23)25-6-2/h7,9-10,15,22H,5-6,8,11-14H2,1-4H3. The first kappa shape index (κ1) is 21.3. The number of benzene rings is 1. The number of hydrogen-bond donors (Lipinski definition) is 1. The third kappa shape index (κ3) is 5.97. The fraction of sp³-hybridized carbons (Fsp3) is 0.571. The van der Waals surface area contributed by atoms with E-state index in [1.54, 1.807) is 6.92 Å². The van der Waals surface area contributed by atoms with Gasteiger partial charge in [-0.1, -0.05) is 19.9 Å². The van der Waals surface area contributed by atoms with Crippen LogP contribution in [-0.2, 0) is 16.1 Å². The minimum atomic E-state index is -0.479. The van der Waals surface area contributed by atoms with Gasteiger partial charge in [-0.15, -0.1) is 0 Å². The molecule has 0 aliphatic heterocycles. The number of nitrogens with one attached hydrogen (secondary N) is 1. The maximum Gasteiger partial charge on any atom is 0.374 e. The maximum atomic E-state index is 12.3. The highest BCUT2D eigenvalue weighted by molar-refractivity contribution is 5.98. The average Bonchev–Trinajstić information content (AvgIpc) is 3.02. The lowest BCUT2D eigenvalue weighted by atomic mass is 10.1. The van der Waals surface area contributed by atoms with Crippen molar-refractivity contribution in [1.29, 1.82) is 0 Å². The predicted octanol–water partition coefficient (Wildman–Crippen LogP) is 4.16. The molecule has 0 saturated heterocycles. The molecule has 0 spiro atoms. The number of hydrogen-bond acceptors (Lipinski definition) is 6. The molecule has 27 heavy (non-hydrogen) atoms. The van der Waals surface area contributed by atoms with Crippen LogP contribution in [-0.4, -0.2) is 38.9 Å². The van der Waals surface area contributed by atoms with Crippen molar-refractivity contribution in [3.8, 4) is 5.75 Å². The van der Waals surface area contributed by atoms with Gasteiger partial charge in [0.1, 0.15) is 11.3 Å². The van der Waals surface area contributed by atoms with Crippen LogP contribution in [0.3, 0.4) is 0 Å². The molecule has 0 fully saturated rings. The van der Waals surface area contributed by atoms with Gasteiger partial charge in [0.2, 0.25) is 5.76 Å². The van der Waals surface area contributed by atoms with E-state index in [9.17, 15) is 4.79 Å². The van der Waals surface area contributed by atoms with Gasteiger partial charge in [0.15, 0.2) is 0 Å². The van der Waals surface area contributed by atoms with Crippen molar-refractivity contribution in [2.75, 3.05) is 32.9 Å². The Morgan fingerprint density at radius 2 is 2.04 bits per heavy atom. The molecule has 1 N–H and O–H groups in total. The van der Waals surface area contributed by atoms with E-state index >= 15 is 0 Å². The molecule has 6 nitrogen and oxygen atoms in total. The number of carbonyl (C=O) groups is 1. The number of fused-ring (bicyclic) bond motifs is 1. The molecule has 0 unspecified atom stereocenters. The van der Waals surface area contributed by atoms with E-state index in [0.29, 0.717) is 36.0 Å². The smallest absolute Gasteiger partial charge is 0.374 e. The van der Waals surface area contributed by atoms with Crippen LogP contribution >= 0.6 is 0 Å². The molecule has 2 aromatic rings. The Balaban J connectivity index is 2.17. The Hall–Kier alpha value is -2.05. The molecule has 1 aromatic carbocycles. The minimum absolute atomic E-state index is 0.190. The van der Waals surface area contributed by atoms with Crippen LogP contribution in [0.5, 0.6) is 5.75 Å². The van der Waals surface area contributed by atoms with Crippen LogP contribution in [0.15, 0.2) is 22.6 Å². The molecule has 0 amide bonds. The van der Waals surface area contributed by atoms with Gasteiger partial charge in [0, 0.05) is 12.2 Å². The number of carbonyl (C=O) groups excluding carboxylic acids is 1. The van der Waals surface area contributed by atoms with Gasteiger partial charge >= 0.3 is 5.97 Å². The molecule has 0 aliphatic carbocycles. The quantitative estimate of drug-likeness (QED) is 0.442. The molecule has 150 valence electrons. The molecule has 0 atom stereocenters. The van der Waals surface area contributed by atoms with Crippen LogP contribution in [0.2, 0.25) is 0 Å². The van der Waals surface area contributed by atoms with Gasteiger partial charge in [-0.05, 0) is 51.4 Å². The first-order valence-corrected chi connectivity index (χ1v) is 9.71. The van der Waals surface area contributed by atoms with Crippen molar-refractivity contribution < 1.29 is 23.4 Å². The van der Waals surface area contributed by atoms with Gasteiger partial charge < -0.3 is 23.9 Å². The van der Waals surface area contributed by atoms with Crippen molar-refractivity contribution in [3.05, 3.63) is 29.5 Å². The molecule has 6 heteroatoms. The topological polar surface area (TPSA) is 69.9 Å². The predicted molar refractivity (Wildman–Crippen MR) is 105 cm³/mol. The van der Waals surface area contributed by atoms with E-state index in [0.717, 1.165) is 24.9 Å². The largest absolute Gasteiger partial charge is 0.493 e. The van der Waals surface area contributed by atoms with Crippen molar-refractivity contribution >= 4 is 16.9 Å². The fourth-order valence-electron chi connectivity index (χ4n) is 2.77. The molecular weight excluding hydrogens is 346 g/mol. The SMILES string of the molecule is CCOCc1c(C(=O)OCC)oc2cccc(OCCCNCC(C)C)c12. The highest BCUT2D eigenvalue weighted by atomic mass is 16.5. The zero-order valence-corrected chi connectivity index (χ0v) is 16.8. The summed E-state index contributed by atoms with van der Waals surface area (Å²) in [5.41, 5.74) is 1.28.